The molecule has 51 heavy (non-hydrogen) atoms. The molecule has 10 rings (SSSR count). The third-order valence-electron chi connectivity index (χ3n) is 10.9. The van der Waals surface area contributed by atoms with Gasteiger partial charge in [0.2, 0.25) is 0 Å². The monoisotopic (exact) mass is 669 g/mol. The molecule has 0 atom stereocenters. The molecular formula is C48H35NOSi. The number of nitrogens with zero attached hydrogens (tertiary/aromatic N) is 1. The fourth-order valence-corrected chi connectivity index (χ4v) is 11.4. The van der Waals surface area contributed by atoms with E-state index in [2.05, 4.69) is 194 Å². The van der Waals surface area contributed by atoms with Crippen LogP contribution in [0.3, 0.4) is 0 Å². The van der Waals surface area contributed by atoms with Crippen LogP contribution in [0.4, 0.5) is 17.1 Å². The molecule has 0 saturated carbocycles. The van der Waals surface area contributed by atoms with Crippen LogP contribution in [-0.4, -0.2) is 8.07 Å². The molecule has 0 amide bonds. The van der Waals surface area contributed by atoms with Crippen molar-refractivity contribution in [2.24, 2.45) is 0 Å². The number of rotatable bonds is 5. The lowest BCUT2D eigenvalue weighted by atomic mass is 9.97. The second kappa shape index (κ2) is 11.4. The Morgan fingerprint density at radius 2 is 1.14 bits per heavy atom. The predicted octanol–water partition coefficient (Wildman–Crippen LogP) is 12.3. The van der Waals surface area contributed by atoms with Crippen LogP contribution in [-0.2, 0) is 0 Å². The smallest absolute Gasteiger partial charge is 0.136 e. The van der Waals surface area contributed by atoms with Crippen molar-refractivity contribution in [3.05, 3.63) is 176 Å². The zero-order valence-corrected chi connectivity index (χ0v) is 29.6. The zero-order valence-electron chi connectivity index (χ0n) is 28.6. The van der Waals surface area contributed by atoms with Gasteiger partial charge >= 0.3 is 0 Å². The van der Waals surface area contributed by atoms with Crippen molar-refractivity contribution in [3.63, 3.8) is 0 Å². The van der Waals surface area contributed by atoms with Gasteiger partial charge in [-0.3, -0.25) is 0 Å². The Hall–Kier alpha value is -6.16. The Balaban J connectivity index is 1.18. The summed E-state index contributed by atoms with van der Waals surface area (Å²) >= 11 is 0. The number of furan rings is 1. The molecule has 1 aromatic heterocycles. The highest BCUT2D eigenvalue weighted by Gasteiger charge is 2.39. The first kappa shape index (κ1) is 29.7. The Morgan fingerprint density at radius 1 is 0.451 bits per heavy atom. The molecule has 0 unspecified atom stereocenters. The molecule has 0 radical (unpaired) electrons. The number of hydrogen-bond donors (Lipinski definition) is 0. The maximum atomic E-state index is 6.37. The topological polar surface area (TPSA) is 16.4 Å². The van der Waals surface area contributed by atoms with E-state index in [4.69, 9.17) is 4.42 Å². The summed E-state index contributed by atoms with van der Waals surface area (Å²) < 4.78 is 6.37. The van der Waals surface area contributed by atoms with Gasteiger partial charge < -0.3 is 9.32 Å². The minimum absolute atomic E-state index is 0.945. The normalized spacial score (nSPS) is 13.1. The lowest BCUT2D eigenvalue weighted by Crippen LogP contribution is -2.49. The molecule has 0 N–H and O–H groups in total. The average molecular weight is 670 g/mol. The van der Waals surface area contributed by atoms with E-state index < -0.39 is 8.07 Å². The van der Waals surface area contributed by atoms with Gasteiger partial charge in [0.1, 0.15) is 19.2 Å². The second-order valence-electron chi connectivity index (χ2n) is 14.1. The third-order valence-corrected chi connectivity index (χ3v) is 14.4. The van der Waals surface area contributed by atoms with Gasteiger partial charge in [-0.1, -0.05) is 140 Å². The molecule has 0 aliphatic carbocycles. The van der Waals surface area contributed by atoms with Crippen LogP contribution in [0.25, 0.3) is 66.1 Å². The van der Waals surface area contributed by atoms with E-state index >= 15 is 0 Å². The first-order valence-electron chi connectivity index (χ1n) is 17.7. The summed E-state index contributed by atoms with van der Waals surface area (Å²) in [5, 5.41) is 7.85. The quantitative estimate of drug-likeness (QED) is 0.170. The van der Waals surface area contributed by atoms with E-state index in [-0.39, 0.29) is 0 Å². The molecule has 0 spiro atoms. The molecule has 0 fully saturated rings. The molecule has 9 aromatic rings. The maximum absolute atomic E-state index is 6.37. The summed E-state index contributed by atoms with van der Waals surface area (Å²) in [6.45, 7) is 5.00. The fourth-order valence-electron chi connectivity index (χ4n) is 8.30. The molecule has 0 saturated heterocycles. The first-order valence-corrected chi connectivity index (χ1v) is 20.7. The van der Waals surface area contributed by atoms with Crippen LogP contribution in [0.15, 0.2) is 180 Å². The number of fused-ring (bicyclic) bond motifs is 8. The summed E-state index contributed by atoms with van der Waals surface area (Å²) in [5.74, 6) is 0. The van der Waals surface area contributed by atoms with Crippen molar-refractivity contribution in [3.8, 4) is 33.4 Å². The molecule has 1 aliphatic rings. The Kier molecular flexibility index (Phi) is 6.67. The lowest BCUT2D eigenvalue weighted by molar-refractivity contribution is 0.669. The van der Waals surface area contributed by atoms with Gasteiger partial charge in [-0.25, -0.2) is 0 Å². The van der Waals surface area contributed by atoms with E-state index in [1.165, 1.54) is 65.3 Å². The van der Waals surface area contributed by atoms with Crippen LogP contribution in [0.2, 0.25) is 13.1 Å². The highest BCUT2D eigenvalue weighted by atomic mass is 28.3. The zero-order chi connectivity index (χ0) is 34.1. The Morgan fingerprint density at radius 3 is 2.00 bits per heavy atom. The van der Waals surface area contributed by atoms with Crippen LogP contribution in [0.5, 0.6) is 0 Å². The van der Waals surface area contributed by atoms with Crippen molar-refractivity contribution in [1.29, 1.82) is 0 Å². The first-order chi connectivity index (χ1) is 25.0. The van der Waals surface area contributed by atoms with Gasteiger partial charge in [-0.2, -0.15) is 0 Å². The number of hydrogen-bond acceptors (Lipinski definition) is 2. The van der Waals surface area contributed by atoms with Gasteiger partial charge in [0.05, 0.1) is 5.69 Å². The molecular weight excluding hydrogens is 635 g/mol. The summed E-state index contributed by atoms with van der Waals surface area (Å²) in [6.07, 6.45) is 0. The van der Waals surface area contributed by atoms with Crippen LogP contribution in [0, 0.1) is 0 Å². The lowest BCUT2D eigenvalue weighted by Gasteiger charge is -2.29. The summed E-state index contributed by atoms with van der Waals surface area (Å²) in [4.78, 5) is 2.45. The van der Waals surface area contributed by atoms with E-state index in [0.717, 1.165) is 28.2 Å². The van der Waals surface area contributed by atoms with E-state index in [9.17, 15) is 0 Å². The third kappa shape index (κ3) is 4.70. The van der Waals surface area contributed by atoms with Crippen LogP contribution < -0.4 is 15.3 Å². The SMILES string of the molecule is C[Si]1(C)c2cc(N(c3ccc(-c4ccccc4)cc3)c3ccccc3-c3ccc4ccccc4c3)ccc2-c2c1ccc1oc3ccccc3c21. The highest BCUT2D eigenvalue weighted by molar-refractivity contribution is 7.04. The summed E-state index contributed by atoms with van der Waals surface area (Å²) in [5.41, 5.74) is 12.9. The van der Waals surface area contributed by atoms with Crippen molar-refractivity contribution in [1.82, 2.24) is 0 Å². The van der Waals surface area contributed by atoms with Crippen molar-refractivity contribution >= 4 is 68.2 Å². The standard InChI is InChI=1S/C48H35NOSi/c1-51(2)45-29-28-44-47(40-17-9-11-19-43(40)50-44)48(45)41-27-26-38(31-46(41)51)49(37-24-22-34(23-25-37)32-12-4-3-5-13-32)42-18-10-8-16-39(42)36-21-20-33-14-6-7-15-35(33)30-36/h3-31H,1-2H3. The fraction of sp³-hybridized carbons (Fsp3) is 0.0417. The van der Waals surface area contributed by atoms with Gasteiger partial charge in [0.25, 0.3) is 0 Å². The van der Waals surface area contributed by atoms with Gasteiger partial charge in [0, 0.05) is 27.7 Å². The van der Waals surface area contributed by atoms with Gasteiger partial charge in [-0.05, 0) is 97.5 Å². The Bertz CT molecular complexity index is 2780. The molecule has 1 aliphatic heterocycles. The number of anilines is 3. The second-order valence-corrected chi connectivity index (χ2v) is 18.5. The summed E-state index contributed by atoms with van der Waals surface area (Å²) in [7, 11) is -2.07. The maximum Gasteiger partial charge on any atom is 0.136 e. The largest absolute Gasteiger partial charge is 0.456 e. The molecule has 8 aromatic carbocycles. The molecule has 242 valence electrons. The van der Waals surface area contributed by atoms with Crippen molar-refractivity contribution in [2.45, 2.75) is 13.1 Å². The summed E-state index contributed by atoms with van der Waals surface area (Å²) in [6, 6.07) is 64.1. The molecule has 3 heteroatoms. The van der Waals surface area contributed by atoms with Gasteiger partial charge in [0.15, 0.2) is 0 Å². The highest BCUT2D eigenvalue weighted by Crippen LogP contribution is 2.44. The minimum atomic E-state index is -2.07. The predicted molar refractivity (Wildman–Crippen MR) is 219 cm³/mol. The Labute approximate surface area is 298 Å². The molecule has 2 nitrogen and oxygen atoms in total. The van der Waals surface area contributed by atoms with Gasteiger partial charge in [-0.15, -0.1) is 0 Å². The number of benzene rings is 8. The average Bonchev–Trinajstić information content (AvgIpc) is 3.67. The number of para-hydroxylation sites is 2. The van der Waals surface area contributed by atoms with E-state index in [1.807, 2.05) is 0 Å². The van der Waals surface area contributed by atoms with Crippen molar-refractivity contribution < 1.29 is 4.42 Å². The van der Waals surface area contributed by atoms with E-state index in [1.54, 1.807) is 0 Å². The van der Waals surface area contributed by atoms with E-state index in [0.29, 0.717) is 0 Å². The minimum Gasteiger partial charge on any atom is -0.456 e. The van der Waals surface area contributed by atoms with Crippen LogP contribution in [0.1, 0.15) is 0 Å². The molecule has 2 heterocycles. The van der Waals surface area contributed by atoms with Crippen molar-refractivity contribution in [2.75, 3.05) is 4.90 Å². The molecule has 0 bridgehead atoms. The van der Waals surface area contributed by atoms with Crippen LogP contribution >= 0.6 is 0 Å².